The fraction of sp³-hybridized carbons (Fsp3) is 0.133. The number of carbonyl (C=O) groups excluding carboxylic acids is 1. The van der Waals surface area contributed by atoms with Crippen LogP contribution in [-0.4, -0.2) is 12.5 Å². The Labute approximate surface area is 134 Å². The second-order valence-corrected chi connectivity index (χ2v) is 5.50. The molecule has 2 aromatic rings. The number of alkyl halides is 2. The molecule has 0 bridgehead atoms. The van der Waals surface area contributed by atoms with Gasteiger partial charge in [0.15, 0.2) is 0 Å². The molecule has 6 heteroatoms. The van der Waals surface area contributed by atoms with E-state index >= 15 is 0 Å². The number of ether oxygens (including phenoxy) is 1. The zero-order valence-corrected chi connectivity index (χ0v) is 13.0. The third-order valence-electron chi connectivity index (χ3n) is 2.62. The van der Waals surface area contributed by atoms with Crippen molar-refractivity contribution in [1.29, 1.82) is 0 Å². The molecule has 0 heterocycles. The number of anilines is 1. The summed E-state index contributed by atoms with van der Waals surface area (Å²) in [7, 11) is 0. The molecule has 0 saturated carbocycles. The highest BCUT2D eigenvalue weighted by atomic mass is 127. The van der Waals surface area contributed by atoms with E-state index < -0.39 is 6.61 Å². The quantitative estimate of drug-likeness (QED) is 0.765. The van der Waals surface area contributed by atoms with Crippen LogP contribution in [0, 0.1) is 3.57 Å². The summed E-state index contributed by atoms with van der Waals surface area (Å²) in [4.78, 5) is 11.9. The summed E-state index contributed by atoms with van der Waals surface area (Å²) in [5.74, 6) is -0.0914. The van der Waals surface area contributed by atoms with Gasteiger partial charge < -0.3 is 10.1 Å². The summed E-state index contributed by atoms with van der Waals surface area (Å²) in [6, 6.07) is 13.5. The smallest absolute Gasteiger partial charge is 0.387 e. The van der Waals surface area contributed by atoms with Gasteiger partial charge in [-0.15, -0.1) is 0 Å². The van der Waals surface area contributed by atoms with Gasteiger partial charge in [-0.2, -0.15) is 8.78 Å². The van der Waals surface area contributed by atoms with Gasteiger partial charge in [0, 0.05) is 9.26 Å². The van der Waals surface area contributed by atoms with Gasteiger partial charge in [-0.05, 0) is 58.5 Å². The van der Waals surface area contributed by atoms with E-state index in [-0.39, 0.29) is 18.1 Å². The van der Waals surface area contributed by atoms with Crippen LogP contribution in [-0.2, 0) is 11.2 Å². The number of hydrogen-bond donors (Lipinski definition) is 1. The number of hydrogen-bond acceptors (Lipinski definition) is 2. The predicted octanol–water partition coefficient (Wildman–Crippen LogP) is 4.07. The fourth-order valence-corrected chi connectivity index (χ4v) is 2.29. The van der Waals surface area contributed by atoms with E-state index in [0.717, 1.165) is 14.8 Å². The molecule has 21 heavy (non-hydrogen) atoms. The molecular weight excluding hydrogens is 391 g/mol. The van der Waals surface area contributed by atoms with Crippen molar-refractivity contribution >= 4 is 34.2 Å². The van der Waals surface area contributed by atoms with Crippen molar-refractivity contribution < 1.29 is 18.3 Å². The normalized spacial score (nSPS) is 10.5. The molecule has 0 radical (unpaired) electrons. The van der Waals surface area contributed by atoms with Crippen LogP contribution in [0.25, 0.3) is 0 Å². The number of benzene rings is 2. The van der Waals surface area contributed by atoms with Crippen LogP contribution in [0.4, 0.5) is 14.5 Å². The highest BCUT2D eigenvalue weighted by Crippen LogP contribution is 2.16. The number of halogens is 3. The second kappa shape index (κ2) is 7.35. The molecule has 2 aromatic carbocycles. The zero-order valence-electron chi connectivity index (χ0n) is 10.9. The monoisotopic (exact) mass is 403 g/mol. The zero-order chi connectivity index (χ0) is 15.2. The summed E-state index contributed by atoms with van der Waals surface area (Å²) in [5, 5.41) is 2.78. The van der Waals surface area contributed by atoms with E-state index in [1.165, 1.54) is 12.1 Å². The summed E-state index contributed by atoms with van der Waals surface area (Å²) in [6.45, 7) is -2.85. The molecule has 1 amide bonds. The van der Waals surface area contributed by atoms with Crippen LogP contribution >= 0.6 is 22.6 Å². The summed E-state index contributed by atoms with van der Waals surface area (Å²) < 4.78 is 29.3. The first kappa shape index (κ1) is 15.7. The maximum atomic E-state index is 12.0. The first-order chi connectivity index (χ1) is 10.0. The molecule has 0 aliphatic rings. The molecule has 0 aliphatic heterocycles. The van der Waals surface area contributed by atoms with E-state index in [1.54, 1.807) is 18.2 Å². The molecular formula is C15H12F2INO2. The highest BCUT2D eigenvalue weighted by molar-refractivity contribution is 14.1. The Balaban J connectivity index is 1.93. The minimum absolute atomic E-state index is 0.0757. The SMILES string of the molecule is O=C(Cc1ccc(OC(F)F)cc1)Nc1cccc(I)c1. The molecule has 0 fully saturated rings. The highest BCUT2D eigenvalue weighted by Gasteiger charge is 2.07. The topological polar surface area (TPSA) is 38.3 Å². The van der Waals surface area contributed by atoms with Crippen LogP contribution in [0.1, 0.15) is 5.56 Å². The molecule has 0 unspecified atom stereocenters. The lowest BCUT2D eigenvalue weighted by atomic mass is 10.1. The van der Waals surface area contributed by atoms with Gasteiger partial charge in [0.2, 0.25) is 5.91 Å². The number of nitrogens with one attached hydrogen (secondary N) is 1. The molecule has 0 aromatic heterocycles. The first-order valence-corrected chi connectivity index (χ1v) is 7.20. The lowest BCUT2D eigenvalue weighted by molar-refractivity contribution is -0.115. The average Bonchev–Trinajstić information content (AvgIpc) is 2.40. The van der Waals surface area contributed by atoms with Crippen molar-refractivity contribution in [3.8, 4) is 5.75 Å². The molecule has 110 valence electrons. The van der Waals surface area contributed by atoms with Gasteiger partial charge in [-0.3, -0.25) is 4.79 Å². The van der Waals surface area contributed by atoms with E-state index in [4.69, 9.17) is 0 Å². The minimum atomic E-state index is -2.85. The maximum Gasteiger partial charge on any atom is 0.387 e. The van der Waals surface area contributed by atoms with Crippen LogP contribution < -0.4 is 10.1 Å². The largest absolute Gasteiger partial charge is 0.435 e. The van der Waals surface area contributed by atoms with Gasteiger partial charge in [-0.1, -0.05) is 18.2 Å². The van der Waals surface area contributed by atoms with E-state index in [0.29, 0.717) is 0 Å². The molecule has 0 aliphatic carbocycles. The number of amides is 1. The lowest BCUT2D eigenvalue weighted by Gasteiger charge is -2.07. The van der Waals surface area contributed by atoms with Gasteiger partial charge in [0.05, 0.1) is 6.42 Å². The third kappa shape index (κ3) is 5.30. The van der Waals surface area contributed by atoms with Crippen molar-refractivity contribution in [2.24, 2.45) is 0 Å². The Hall–Kier alpha value is -1.70. The Morgan fingerprint density at radius 3 is 2.52 bits per heavy atom. The Morgan fingerprint density at radius 1 is 1.19 bits per heavy atom. The van der Waals surface area contributed by atoms with Crippen molar-refractivity contribution in [3.05, 3.63) is 57.7 Å². The molecule has 2 rings (SSSR count). The van der Waals surface area contributed by atoms with Crippen LogP contribution in [0.15, 0.2) is 48.5 Å². The summed E-state index contributed by atoms with van der Waals surface area (Å²) in [5.41, 5.74) is 1.45. The minimum Gasteiger partial charge on any atom is -0.435 e. The second-order valence-electron chi connectivity index (χ2n) is 4.26. The average molecular weight is 403 g/mol. The number of rotatable bonds is 5. The Kier molecular flexibility index (Phi) is 5.49. The molecule has 0 saturated heterocycles. The first-order valence-electron chi connectivity index (χ1n) is 6.12. The molecule has 0 spiro atoms. The van der Waals surface area contributed by atoms with E-state index in [2.05, 4.69) is 32.6 Å². The van der Waals surface area contributed by atoms with Gasteiger partial charge >= 0.3 is 6.61 Å². The number of carbonyl (C=O) groups is 1. The van der Waals surface area contributed by atoms with E-state index in [1.807, 2.05) is 18.2 Å². The van der Waals surface area contributed by atoms with Crippen molar-refractivity contribution in [1.82, 2.24) is 0 Å². The summed E-state index contributed by atoms with van der Waals surface area (Å²) >= 11 is 2.16. The van der Waals surface area contributed by atoms with Crippen molar-refractivity contribution in [3.63, 3.8) is 0 Å². The predicted molar refractivity (Wildman–Crippen MR) is 84.6 cm³/mol. The third-order valence-corrected chi connectivity index (χ3v) is 3.29. The van der Waals surface area contributed by atoms with Gasteiger partial charge in [0.1, 0.15) is 5.75 Å². The maximum absolute atomic E-state index is 12.0. The lowest BCUT2D eigenvalue weighted by Crippen LogP contribution is -2.14. The van der Waals surface area contributed by atoms with Gasteiger partial charge in [-0.25, -0.2) is 0 Å². The van der Waals surface area contributed by atoms with Crippen LogP contribution in [0.5, 0.6) is 5.75 Å². The van der Waals surface area contributed by atoms with Crippen LogP contribution in [0.2, 0.25) is 0 Å². The van der Waals surface area contributed by atoms with Crippen LogP contribution in [0.3, 0.4) is 0 Å². The standard InChI is InChI=1S/C15H12F2INO2/c16-15(17)21-13-6-4-10(5-7-13)8-14(20)19-12-3-1-2-11(18)9-12/h1-7,9,15H,8H2,(H,19,20). The Bertz CT molecular complexity index is 617. The van der Waals surface area contributed by atoms with Crippen molar-refractivity contribution in [2.75, 3.05) is 5.32 Å². The van der Waals surface area contributed by atoms with Crippen molar-refractivity contribution in [2.45, 2.75) is 13.0 Å². The Morgan fingerprint density at radius 2 is 1.90 bits per heavy atom. The molecule has 1 N–H and O–H groups in total. The molecule has 3 nitrogen and oxygen atoms in total. The van der Waals surface area contributed by atoms with Gasteiger partial charge in [0.25, 0.3) is 0 Å². The fourth-order valence-electron chi connectivity index (χ4n) is 1.75. The van der Waals surface area contributed by atoms with E-state index in [9.17, 15) is 13.6 Å². The molecule has 0 atom stereocenters. The summed E-state index contributed by atoms with van der Waals surface area (Å²) in [6.07, 6.45) is 0.167.